The molecule has 0 radical (unpaired) electrons. The van der Waals surface area contributed by atoms with Gasteiger partial charge in [-0.25, -0.2) is 0 Å². The summed E-state index contributed by atoms with van der Waals surface area (Å²) in [6, 6.07) is 2.34. The maximum absolute atomic E-state index is 5.98. The first kappa shape index (κ1) is 16.1. The average Bonchev–Trinajstić information content (AvgIpc) is 2.89. The van der Waals surface area contributed by atoms with E-state index >= 15 is 0 Å². The van der Waals surface area contributed by atoms with E-state index in [1.54, 1.807) is 10.4 Å². The van der Waals surface area contributed by atoms with Crippen LogP contribution in [0, 0.1) is 0 Å². The van der Waals surface area contributed by atoms with Gasteiger partial charge in [0, 0.05) is 22.9 Å². The summed E-state index contributed by atoms with van der Waals surface area (Å²) >= 11 is 1.91. The molecule has 0 aliphatic heterocycles. The summed E-state index contributed by atoms with van der Waals surface area (Å²) in [7, 11) is -0.135. The number of thiophene rings is 1. The second-order valence-electron chi connectivity index (χ2n) is 5.58. The Bertz CT molecular complexity index is 358. The summed E-state index contributed by atoms with van der Waals surface area (Å²) in [4.78, 5) is 1.56. The third-order valence-electron chi connectivity index (χ3n) is 3.78. The van der Waals surface area contributed by atoms with Gasteiger partial charge in [-0.05, 0) is 50.2 Å². The zero-order valence-electron chi connectivity index (χ0n) is 13.0. The molecule has 0 fully saturated rings. The lowest BCUT2D eigenvalue weighted by molar-refractivity contribution is 0.202. The summed E-state index contributed by atoms with van der Waals surface area (Å²) in [6.45, 7) is 5.99. The number of hydrogen-bond acceptors (Lipinski definition) is 3. The average molecular weight is 294 g/mol. The first-order chi connectivity index (χ1) is 9.85. The van der Waals surface area contributed by atoms with Gasteiger partial charge in [0.2, 0.25) is 0 Å². The van der Waals surface area contributed by atoms with Crippen LogP contribution in [-0.2, 0) is 22.2 Å². The molecule has 0 saturated carbocycles. The molecule has 20 heavy (non-hydrogen) atoms. The lowest BCUT2D eigenvalue weighted by atomic mass is 9.85. The van der Waals surface area contributed by atoms with Crippen LogP contribution in [0.15, 0.2) is 6.07 Å². The van der Waals surface area contributed by atoms with E-state index in [0.29, 0.717) is 0 Å². The van der Waals surface area contributed by atoms with Crippen LogP contribution in [-0.4, -0.2) is 20.3 Å². The highest BCUT2D eigenvalue weighted by Gasteiger charge is 2.26. The molecule has 0 amide bonds. The highest BCUT2D eigenvalue weighted by molar-refractivity contribution is 7.22. The van der Waals surface area contributed by atoms with Crippen molar-refractivity contribution in [1.82, 2.24) is 0 Å². The quantitative estimate of drug-likeness (QED) is 0.507. The van der Waals surface area contributed by atoms with Gasteiger partial charge in [0.25, 0.3) is 0 Å². The van der Waals surface area contributed by atoms with Crippen molar-refractivity contribution >= 4 is 23.2 Å². The number of hydrogen-bond donors (Lipinski definition) is 0. The Morgan fingerprint density at radius 3 is 2.30 bits per heavy atom. The largest absolute Gasteiger partial charge is 0.504 e. The van der Waals surface area contributed by atoms with E-state index in [1.807, 2.05) is 11.3 Å². The Labute approximate surface area is 128 Å². The van der Waals surface area contributed by atoms with E-state index in [4.69, 9.17) is 9.31 Å². The molecule has 112 valence electrons. The van der Waals surface area contributed by atoms with E-state index in [9.17, 15) is 0 Å². The van der Waals surface area contributed by atoms with Gasteiger partial charge in [0.05, 0.1) is 0 Å². The molecule has 1 aromatic heterocycles. The first-order valence-corrected chi connectivity index (χ1v) is 9.01. The lowest BCUT2D eigenvalue weighted by Crippen LogP contribution is -2.35. The van der Waals surface area contributed by atoms with Crippen LogP contribution in [0.2, 0.25) is 0 Å². The molecule has 0 bridgehead atoms. The SMILES string of the molecule is CCCCOB(OCCCC)c1cc2c(s1)CCCC2. The number of rotatable bonds is 9. The van der Waals surface area contributed by atoms with Gasteiger partial charge in [-0.3, -0.25) is 0 Å². The maximum atomic E-state index is 5.98. The van der Waals surface area contributed by atoms with E-state index in [-0.39, 0.29) is 7.12 Å². The minimum atomic E-state index is -0.135. The molecular formula is C16H27BO2S. The summed E-state index contributed by atoms with van der Waals surface area (Å²) in [5.41, 5.74) is 1.54. The fraction of sp³-hybridized carbons (Fsp3) is 0.750. The Morgan fingerprint density at radius 2 is 1.70 bits per heavy atom. The molecule has 1 aromatic rings. The van der Waals surface area contributed by atoms with Gasteiger partial charge in [-0.2, -0.15) is 0 Å². The topological polar surface area (TPSA) is 18.5 Å². The van der Waals surface area contributed by atoms with Crippen LogP contribution in [0.5, 0.6) is 0 Å². The van der Waals surface area contributed by atoms with Crippen LogP contribution < -0.4 is 4.78 Å². The maximum Gasteiger partial charge on any atom is 0.504 e. The Morgan fingerprint density at radius 1 is 1.05 bits per heavy atom. The molecule has 2 nitrogen and oxygen atoms in total. The molecule has 0 spiro atoms. The summed E-state index contributed by atoms with van der Waals surface area (Å²) in [6.07, 6.45) is 9.72. The third kappa shape index (κ3) is 4.61. The summed E-state index contributed by atoms with van der Waals surface area (Å²) < 4.78 is 13.2. The van der Waals surface area contributed by atoms with Crippen molar-refractivity contribution in [3.05, 3.63) is 16.5 Å². The Kier molecular flexibility index (Phi) is 7.11. The smallest absolute Gasteiger partial charge is 0.407 e. The fourth-order valence-electron chi connectivity index (χ4n) is 2.51. The zero-order valence-corrected chi connectivity index (χ0v) is 13.8. The van der Waals surface area contributed by atoms with Crippen LogP contribution >= 0.6 is 11.3 Å². The molecule has 0 aromatic carbocycles. The monoisotopic (exact) mass is 294 g/mol. The predicted octanol–water partition coefficient (Wildman–Crippen LogP) is 3.96. The fourth-order valence-corrected chi connectivity index (χ4v) is 3.77. The van der Waals surface area contributed by atoms with Gasteiger partial charge in [0.1, 0.15) is 0 Å². The first-order valence-electron chi connectivity index (χ1n) is 8.19. The van der Waals surface area contributed by atoms with Crippen LogP contribution in [0.1, 0.15) is 62.8 Å². The zero-order chi connectivity index (χ0) is 14.2. The molecule has 0 atom stereocenters. The molecule has 1 heterocycles. The van der Waals surface area contributed by atoms with Crippen LogP contribution in [0.4, 0.5) is 0 Å². The van der Waals surface area contributed by atoms with Gasteiger partial charge in [-0.1, -0.05) is 26.7 Å². The molecule has 1 aliphatic rings. The van der Waals surface area contributed by atoms with E-state index in [0.717, 1.165) is 26.1 Å². The molecule has 0 saturated heterocycles. The van der Waals surface area contributed by atoms with Crippen molar-refractivity contribution < 1.29 is 9.31 Å². The number of fused-ring (bicyclic) bond motifs is 1. The summed E-state index contributed by atoms with van der Waals surface area (Å²) in [5, 5.41) is 0. The van der Waals surface area contributed by atoms with Gasteiger partial charge in [0.15, 0.2) is 0 Å². The highest BCUT2D eigenvalue weighted by atomic mass is 32.1. The van der Waals surface area contributed by atoms with Crippen molar-refractivity contribution in [2.45, 2.75) is 65.2 Å². The molecule has 0 N–H and O–H groups in total. The lowest BCUT2D eigenvalue weighted by Gasteiger charge is -2.13. The van der Waals surface area contributed by atoms with Crippen molar-refractivity contribution in [3.63, 3.8) is 0 Å². The van der Waals surface area contributed by atoms with Crippen LogP contribution in [0.3, 0.4) is 0 Å². The van der Waals surface area contributed by atoms with Crippen molar-refractivity contribution in [2.24, 2.45) is 0 Å². The van der Waals surface area contributed by atoms with Crippen molar-refractivity contribution in [1.29, 1.82) is 0 Å². The van der Waals surface area contributed by atoms with Gasteiger partial charge < -0.3 is 9.31 Å². The predicted molar refractivity (Wildman–Crippen MR) is 88.1 cm³/mol. The standard InChI is InChI=1S/C16H27BO2S/c1-3-5-11-18-17(19-12-6-4-2)16-13-14-9-7-8-10-15(14)20-16/h13H,3-12H2,1-2H3. The minimum absolute atomic E-state index is 0.135. The van der Waals surface area contributed by atoms with E-state index in [1.165, 1.54) is 43.3 Å². The Balaban J connectivity index is 1.98. The van der Waals surface area contributed by atoms with Crippen LogP contribution in [0.25, 0.3) is 0 Å². The molecular weight excluding hydrogens is 267 g/mol. The molecule has 0 unspecified atom stereocenters. The second-order valence-corrected chi connectivity index (χ2v) is 6.75. The van der Waals surface area contributed by atoms with Crippen molar-refractivity contribution in [3.8, 4) is 0 Å². The molecule has 2 rings (SSSR count). The van der Waals surface area contributed by atoms with E-state index in [2.05, 4.69) is 19.9 Å². The number of aryl methyl sites for hydroxylation is 2. The molecule has 1 aliphatic carbocycles. The highest BCUT2D eigenvalue weighted by Crippen LogP contribution is 2.25. The Hall–Kier alpha value is -0.315. The number of unbranched alkanes of at least 4 members (excludes halogenated alkanes) is 2. The summed E-state index contributed by atoms with van der Waals surface area (Å²) in [5.74, 6) is 0. The normalized spacial score (nSPS) is 14.3. The third-order valence-corrected chi connectivity index (χ3v) is 5.04. The van der Waals surface area contributed by atoms with Gasteiger partial charge in [-0.15, -0.1) is 11.3 Å². The second kappa shape index (κ2) is 8.86. The van der Waals surface area contributed by atoms with E-state index < -0.39 is 0 Å². The van der Waals surface area contributed by atoms with Gasteiger partial charge >= 0.3 is 7.12 Å². The van der Waals surface area contributed by atoms with Crippen molar-refractivity contribution in [2.75, 3.05) is 13.2 Å². The minimum Gasteiger partial charge on any atom is -0.407 e. The molecule has 4 heteroatoms.